The van der Waals surface area contributed by atoms with Gasteiger partial charge in [0.25, 0.3) is 0 Å². The van der Waals surface area contributed by atoms with Gasteiger partial charge in [0.1, 0.15) is 0 Å². The first-order chi connectivity index (χ1) is 8.31. The molecule has 0 spiro atoms. The van der Waals surface area contributed by atoms with E-state index in [0.717, 1.165) is 11.3 Å². The summed E-state index contributed by atoms with van der Waals surface area (Å²) < 4.78 is 6.87. The molecule has 0 aliphatic carbocycles. The number of aromatic nitrogens is 2. The summed E-state index contributed by atoms with van der Waals surface area (Å²) in [6.07, 6.45) is 1.83. The number of ether oxygens (including phenoxy) is 1. The second-order valence-corrected chi connectivity index (χ2v) is 3.73. The molecule has 90 valence electrons. The molecule has 0 radical (unpaired) electrons. The van der Waals surface area contributed by atoms with Gasteiger partial charge >= 0.3 is 5.69 Å². The van der Waals surface area contributed by atoms with E-state index in [1.54, 1.807) is 4.57 Å². The van der Waals surface area contributed by atoms with Crippen LogP contribution in [0.2, 0.25) is 0 Å². The Kier molecular flexibility index (Phi) is 3.77. The van der Waals surface area contributed by atoms with E-state index < -0.39 is 0 Å². The number of benzene rings is 1. The van der Waals surface area contributed by atoms with Crippen molar-refractivity contribution in [1.82, 2.24) is 9.55 Å². The zero-order chi connectivity index (χ0) is 12.1. The van der Waals surface area contributed by atoms with Crippen molar-refractivity contribution < 1.29 is 4.74 Å². The molecule has 4 nitrogen and oxygen atoms in total. The minimum absolute atomic E-state index is 0.0939. The molecule has 1 N–H and O–H groups in total. The normalized spacial score (nSPS) is 10.6. The SMILES string of the molecule is CCOCCn1cc(-c2ccccc2)[nH]c1=O. The fourth-order valence-corrected chi connectivity index (χ4v) is 1.67. The third-order valence-corrected chi connectivity index (χ3v) is 2.55. The fraction of sp³-hybridized carbons (Fsp3) is 0.308. The van der Waals surface area contributed by atoms with Crippen LogP contribution in [0, 0.1) is 0 Å². The van der Waals surface area contributed by atoms with Gasteiger partial charge in [0, 0.05) is 12.8 Å². The Morgan fingerprint density at radius 2 is 2.06 bits per heavy atom. The lowest BCUT2D eigenvalue weighted by molar-refractivity contribution is 0.138. The molecule has 0 bridgehead atoms. The van der Waals surface area contributed by atoms with E-state index in [-0.39, 0.29) is 5.69 Å². The van der Waals surface area contributed by atoms with Crippen LogP contribution in [0.1, 0.15) is 6.92 Å². The predicted molar refractivity (Wildman–Crippen MR) is 67.0 cm³/mol. The Morgan fingerprint density at radius 1 is 1.29 bits per heavy atom. The van der Waals surface area contributed by atoms with E-state index in [2.05, 4.69) is 4.98 Å². The van der Waals surface area contributed by atoms with Crippen LogP contribution in [-0.2, 0) is 11.3 Å². The van der Waals surface area contributed by atoms with Crippen LogP contribution in [0.15, 0.2) is 41.3 Å². The number of imidazole rings is 1. The Morgan fingerprint density at radius 3 is 2.76 bits per heavy atom. The third kappa shape index (κ3) is 2.85. The average molecular weight is 232 g/mol. The van der Waals surface area contributed by atoms with Gasteiger partial charge in [0.2, 0.25) is 0 Å². The Labute approximate surface area is 99.9 Å². The maximum Gasteiger partial charge on any atom is 0.326 e. The molecule has 1 aromatic heterocycles. The monoisotopic (exact) mass is 232 g/mol. The lowest BCUT2D eigenvalue weighted by Crippen LogP contribution is -2.18. The van der Waals surface area contributed by atoms with Gasteiger partial charge in [-0.1, -0.05) is 30.3 Å². The molecule has 0 atom stereocenters. The van der Waals surface area contributed by atoms with E-state index in [9.17, 15) is 4.79 Å². The van der Waals surface area contributed by atoms with Crippen molar-refractivity contribution in [2.45, 2.75) is 13.5 Å². The highest BCUT2D eigenvalue weighted by Crippen LogP contribution is 2.14. The summed E-state index contributed by atoms with van der Waals surface area (Å²) in [4.78, 5) is 14.5. The standard InChI is InChI=1S/C13H16N2O2/c1-2-17-9-8-15-10-12(14-13(15)16)11-6-4-3-5-7-11/h3-7,10H,2,8-9H2,1H3,(H,14,16). The summed E-state index contributed by atoms with van der Waals surface area (Å²) in [7, 11) is 0. The second-order valence-electron chi connectivity index (χ2n) is 3.73. The van der Waals surface area contributed by atoms with Crippen LogP contribution in [-0.4, -0.2) is 22.8 Å². The van der Waals surface area contributed by atoms with Crippen LogP contribution in [0.5, 0.6) is 0 Å². The van der Waals surface area contributed by atoms with E-state index in [1.807, 2.05) is 43.5 Å². The van der Waals surface area contributed by atoms with Gasteiger partial charge in [-0.05, 0) is 12.5 Å². The van der Waals surface area contributed by atoms with Gasteiger partial charge in [-0.25, -0.2) is 4.79 Å². The summed E-state index contributed by atoms with van der Waals surface area (Å²) in [5.74, 6) is 0. The second kappa shape index (κ2) is 5.50. The Balaban J connectivity index is 2.16. The summed E-state index contributed by atoms with van der Waals surface area (Å²) in [5.41, 5.74) is 1.76. The highest BCUT2D eigenvalue weighted by atomic mass is 16.5. The number of aromatic amines is 1. The van der Waals surface area contributed by atoms with Crippen molar-refractivity contribution in [3.8, 4) is 11.3 Å². The van der Waals surface area contributed by atoms with E-state index in [0.29, 0.717) is 19.8 Å². The van der Waals surface area contributed by atoms with E-state index in [4.69, 9.17) is 4.74 Å². The average Bonchev–Trinajstić information content (AvgIpc) is 2.73. The summed E-state index contributed by atoms with van der Waals surface area (Å²) >= 11 is 0. The fourth-order valence-electron chi connectivity index (χ4n) is 1.67. The molecule has 0 amide bonds. The third-order valence-electron chi connectivity index (χ3n) is 2.55. The number of rotatable bonds is 5. The first-order valence-corrected chi connectivity index (χ1v) is 5.74. The molecule has 0 unspecified atom stereocenters. The Hall–Kier alpha value is -1.81. The van der Waals surface area contributed by atoms with Gasteiger partial charge in [-0.2, -0.15) is 0 Å². The molecule has 0 saturated heterocycles. The minimum atomic E-state index is -0.0939. The van der Waals surface area contributed by atoms with Gasteiger partial charge < -0.3 is 9.72 Å². The van der Waals surface area contributed by atoms with Crippen LogP contribution in [0.25, 0.3) is 11.3 Å². The maximum atomic E-state index is 11.7. The molecular formula is C13H16N2O2. The van der Waals surface area contributed by atoms with Crippen molar-refractivity contribution in [2.75, 3.05) is 13.2 Å². The Bertz CT molecular complexity index is 514. The predicted octanol–water partition coefficient (Wildman–Crippen LogP) is 1.88. The topological polar surface area (TPSA) is 47.0 Å². The molecule has 2 rings (SSSR count). The number of nitrogens with one attached hydrogen (secondary N) is 1. The number of H-pyrrole nitrogens is 1. The van der Waals surface area contributed by atoms with Crippen molar-refractivity contribution in [3.63, 3.8) is 0 Å². The summed E-state index contributed by atoms with van der Waals surface area (Å²) in [6, 6.07) is 9.79. The first kappa shape index (κ1) is 11.7. The number of hydrogen-bond acceptors (Lipinski definition) is 2. The van der Waals surface area contributed by atoms with Crippen molar-refractivity contribution in [1.29, 1.82) is 0 Å². The molecule has 1 aromatic carbocycles. The number of nitrogens with zero attached hydrogens (tertiary/aromatic N) is 1. The van der Waals surface area contributed by atoms with Crippen LogP contribution in [0.4, 0.5) is 0 Å². The van der Waals surface area contributed by atoms with Gasteiger partial charge in [0.15, 0.2) is 0 Å². The molecule has 0 fully saturated rings. The van der Waals surface area contributed by atoms with Gasteiger partial charge in [0.05, 0.1) is 18.8 Å². The quantitative estimate of drug-likeness (QED) is 0.800. The number of hydrogen-bond donors (Lipinski definition) is 1. The highest BCUT2D eigenvalue weighted by molar-refractivity contribution is 5.57. The van der Waals surface area contributed by atoms with Crippen LogP contribution < -0.4 is 5.69 Å². The zero-order valence-corrected chi connectivity index (χ0v) is 9.85. The minimum Gasteiger partial charge on any atom is -0.380 e. The molecule has 0 saturated carbocycles. The summed E-state index contributed by atoms with van der Waals surface area (Å²) in [6.45, 7) is 3.75. The van der Waals surface area contributed by atoms with Crippen LogP contribution in [0.3, 0.4) is 0 Å². The first-order valence-electron chi connectivity index (χ1n) is 5.74. The smallest absolute Gasteiger partial charge is 0.326 e. The van der Waals surface area contributed by atoms with Crippen LogP contribution >= 0.6 is 0 Å². The molecule has 0 aliphatic rings. The molecule has 0 aliphatic heterocycles. The molecule has 4 heteroatoms. The van der Waals surface area contributed by atoms with Gasteiger partial charge in [-0.15, -0.1) is 0 Å². The van der Waals surface area contributed by atoms with Gasteiger partial charge in [-0.3, -0.25) is 4.57 Å². The highest BCUT2D eigenvalue weighted by Gasteiger charge is 2.04. The van der Waals surface area contributed by atoms with E-state index >= 15 is 0 Å². The lowest BCUT2D eigenvalue weighted by Gasteiger charge is -2.00. The maximum absolute atomic E-state index is 11.7. The zero-order valence-electron chi connectivity index (χ0n) is 9.85. The van der Waals surface area contributed by atoms with E-state index in [1.165, 1.54) is 0 Å². The molecule has 17 heavy (non-hydrogen) atoms. The molecular weight excluding hydrogens is 216 g/mol. The largest absolute Gasteiger partial charge is 0.380 e. The van der Waals surface area contributed by atoms with Crippen molar-refractivity contribution in [3.05, 3.63) is 47.0 Å². The lowest BCUT2D eigenvalue weighted by atomic mass is 10.2. The summed E-state index contributed by atoms with van der Waals surface area (Å²) in [5, 5.41) is 0. The molecule has 2 aromatic rings. The van der Waals surface area contributed by atoms with Crippen molar-refractivity contribution >= 4 is 0 Å². The molecule has 1 heterocycles. The van der Waals surface area contributed by atoms with Crippen molar-refractivity contribution in [2.24, 2.45) is 0 Å².